The number of cyclic esters (lactones) is 1. The lowest BCUT2D eigenvalue weighted by Crippen LogP contribution is -2.51. The van der Waals surface area contributed by atoms with Gasteiger partial charge in [0.1, 0.15) is 5.60 Å². The zero-order valence-corrected chi connectivity index (χ0v) is 18.0. The first-order valence-corrected chi connectivity index (χ1v) is 10.4. The van der Waals surface area contributed by atoms with Crippen molar-refractivity contribution in [3.05, 3.63) is 72.1 Å². The van der Waals surface area contributed by atoms with E-state index in [-0.39, 0.29) is 12.1 Å². The zero-order valence-electron chi connectivity index (χ0n) is 18.0. The van der Waals surface area contributed by atoms with E-state index in [0.717, 1.165) is 16.7 Å². The molecule has 31 heavy (non-hydrogen) atoms. The van der Waals surface area contributed by atoms with Gasteiger partial charge in [0.05, 0.1) is 11.6 Å². The van der Waals surface area contributed by atoms with Crippen LogP contribution in [-0.2, 0) is 10.3 Å². The summed E-state index contributed by atoms with van der Waals surface area (Å²) >= 11 is 0. The second kappa shape index (κ2) is 8.15. The maximum atomic E-state index is 13.1. The minimum atomic E-state index is -0.978. The van der Waals surface area contributed by atoms with E-state index in [4.69, 9.17) is 9.15 Å². The molecule has 0 aliphatic carbocycles. The van der Waals surface area contributed by atoms with Crippen molar-refractivity contribution in [2.24, 2.45) is 0 Å². The molecule has 2 aromatic carbocycles. The van der Waals surface area contributed by atoms with Gasteiger partial charge in [-0.05, 0) is 44.0 Å². The molecule has 1 saturated heterocycles. The molecule has 7 heteroatoms. The summed E-state index contributed by atoms with van der Waals surface area (Å²) in [6.07, 6.45) is 1.84. The molecule has 2 heterocycles. The Bertz CT molecular complexity index is 1010. The average Bonchev–Trinajstić information content (AvgIpc) is 3.28. The maximum absolute atomic E-state index is 13.1. The Kier molecular flexibility index (Phi) is 5.54. The highest BCUT2D eigenvalue weighted by molar-refractivity contribution is 5.70. The van der Waals surface area contributed by atoms with Gasteiger partial charge in [-0.1, -0.05) is 42.5 Å². The predicted octanol–water partition coefficient (Wildman–Crippen LogP) is 4.70. The van der Waals surface area contributed by atoms with Crippen LogP contribution in [0.5, 0.6) is 0 Å². The Balaban J connectivity index is 1.54. The highest BCUT2D eigenvalue weighted by Crippen LogP contribution is 2.42. The number of hydrogen-bond acceptors (Lipinski definition) is 6. The maximum Gasteiger partial charge on any atom is 0.411 e. The number of hydrogen-bond donors (Lipinski definition) is 1. The number of benzene rings is 2. The Morgan fingerprint density at radius 3 is 2.45 bits per heavy atom. The third-order valence-electron chi connectivity index (χ3n) is 5.76. The molecule has 1 aliphatic rings. The summed E-state index contributed by atoms with van der Waals surface area (Å²) in [5, 5.41) is 18.1. The minimum Gasteiger partial charge on any atom is -0.438 e. The van der Waals surface area contributed by atoms with Gasteiger partial charge in [0, 0.05) is 24.9 Å². The molecule has 1 fully saturated rings. The molecule has 1 aliphatic heterocycles. The molecular weight excluding hydrogens is 394 g/mol. The highest BCUT2D eigenvalue weighted by atomic mass is 16.6. The van der Waals surface area contributed by atoms with Crippen LogP contribution in [0.15, 0.2) is 65.4 Å². The Morgan fingerprint density at radius 1 is 1.16 bits per heavy atom. The Hall–Kier alpha value is -3.19. The van der Waals surface area contributed by atoms with Gasteiger partial charge >= 0.3 is 6.09 Å². The number of carbonyl (C=O) groups excluding carboxylic acids is 1. The van der Waals surface area contributed by atoms with Gasteiger partial charge in [-0.3, -0.25) is 0 Å². The Labute approximate surface area is 181 Å². The number of aliphatic hydroxyl groups is 1. The van der Waals surface area contributed by atoms with Crippen LogP contribution < -0.4 is 0 Å². The lowest BCUT2D eigenvalue weighted by Gasteiger charge is -2.45. The van der Waals surface area contributed by atoms with Crippen molar-refractivity contribution in [1.29, 1.82) is 0 Å². The molecule has 0 radical (unpaired) electrons. The van der Waals surface area contributed by atoms with Crippen LogP contribution in [0.4, 0.5) is 4.79 Å². The molecule has 0 unspecified atom stereocenters. The number of nitrogens with zero attached hydrogens (tertiary/aromatic N) is 3. The lowest BCUT2D eigenvalue weighted by molar-refractivity contribution is -0.101. The van der Waals surface area contributed by atoms with E-state index in [9.17, 15) is 9.90 Å². The normalized spacial score (nSPS) is 20.4. The summed E-state index contributed by atoms with van der Waals surface area (Å²) in [5.74, 6) is 0.454. The largest absolute Gasteiger partial charge is 0.438 e. The fraction of sp³-hybridized carbons (Fsp3) is 0.375. The van der Waals surface area contributed by atoms with Gasteiger partial charge < -0.3 is 19.2 Å². The van der Waals surface area contributed by atoms with E-state index in [1.165, 1.54) is 6.39 Å². The van der Waals surface area contributed by atoms with Crippen molar-refractivity contribution in [2.45, 2.75) is 50.9 Å². The van der Waals surface area contributed by atoms with Gasteiger partial charge in [0.15, 0.2) is 0 Å². The monoisotopic (exact) mass is 421 g/mol. The van der Waals surface area contributed by atoms with Crippen molar-refractivity contribution < 1.29 is 19.1 Å². The molecule has 1 amide bonds. The van der Waals surface area contributed by atoms with Crippen LogP contribution in [-0.4, -0.2) is 38.4 Å². The average molecular weight is 421 g/mol. The van der Waals surface area contributed by atoms with Gasteiger partial charge in [-0.2, -0.15) is 0 Å². The molecule has 4 rings (SSSR count). The first-order valence-electron chi connectivity index (χ1n) is 10.4. The van der Waals surface area contributed by atoms with Crippen LogP contribution in [0.1, 0.15) is 50.8 Å². The summed E-state index contributed by atoms with van der Waals surface area (Å²) in [6, 6.07) is 17.2. The van der Waals surface area contributed by atoms with Crippen molar-refractivity contribution in [3.8, 4) is 11.5 Å². The van der Waals surface area contributed by atoms with Crippen LogP contribution in [0.2, 0.25) is 0 Å². The van der Waals surface area contributed by atoms with Crippen molar-refractivity contribution in [3.63, 3.8) is 0 Å². The van der Waals surface area contributed by atoms with Gasteiger partial charge in [0.25, 0.3) is 0 Å². The molecule has 3 aromatic rings. The second-order valence-electron chi connectivity index (χ2n) is 8.70. The van der Waals surface area contributed by atoms with Crippen LogP contribution in [0, 0.1) is 0 Å². The first-order chi connectivity index (χ1) is 14.8. The molecule has 7 nitrogen and oxygen atoms in total. The molecule has 2 atom stereocenters. The molecule has 0 bridgehead atoms. The summed E-state index contributed by atoms with van der Waals surface area (Å²) in [6.45, 7) is 5.99. The van der Waals surface area contributed by atoms with Gasteiger partial charge in [0.2, 0.25) is 12.3 Å². The topological polar surface area (TPSA) is 88.7 Å². The number of aromatic nitrogens is 2. The first kappa shape index (κ1) is 21.1. The SMILES string of the molecule is C[C@@H](c1ccc(-c2nnco2)cc1)N1CC[C@](CC(C)(C)O)(c2ccccc2)OC1=O. The van der Waals surface area contributed by atoms with E-state index in [0.29, 0.717) is 25.3 Å². The van der Waals surface area contributed by atoms with Crippen molar-refractivity contribution in [1.82, 2.24) is 15.1 Å². The molecule has 0 saturated carbocycles. The quantitative estimate of drug-likeness (QED) is 0.621. The van der Waals surface area contributed by atoms with E-state index >= 15 is 0 Å². The smallest absolute Gasteiger partial charge is 0.411 e. The van der Waals surface area contributed by atoms with E-state index in [1.54, 1.807) is 18.7 Å². The zero-order chi connectivity index (χ0) is 22.1. The lowest BCUT2D eigenvalue weighted by atomic mass is 9.80. The minimum absolute atomic E-state index is 0.167. The standard InChI is InChI=1S/C24H27N3O4/c1-17(18-9-11-19(12-10-18)21-26-25-16-30-21)27-14-13-24(31-22(27)28,15-23(2,3)29)20-7-5-4-6-8-20/h4-12,16-17,29H,13-15H2,1-3H3/t17-,24-/m0/s1. The van der Waals surface area contributed by atoms with Crippen molar-refractivity contribution >= 4 is 6.09 Å². The van der Waals surface area contributed by atoms with E-state index in [1.807, 2.05) is 61.5 Å². The summed E-state index contributed by atoms with van der Waals surface area (Å²) in [4.78, 5) is 14.9. The van der Waals surface area contributed by atoms with Crippen LogP contribution in [0.25, 0.3) is 11.5 Å². The molecule has 1 aromatic heterocycles. The molecule has 1 N–H and O–H groups in total. The highest BCUT2D eigenvalue weighted by Gasteiger charge is 2.46. The predicted molar refractivity (Wildman–Crippen MR) is 115 cm³/mol. The molecule has 0 spiro atoms. The second-order valence-corrected chi connectivity index (χ2v) is 8.70. The fourth-order valence-corrected chi connectivity index (χ4v) is 4.27. The summed E-state index contributed by atoms with van der Waals surface area (Å²) in [7, 11) is 0. The third-order valence-corrected chi connectivity index (χ3v) is 5.76. The number of amides is 1. The fourth-order valence-electron chi connectivity index (χ4n) is 4.27. The number of rotatable bonds is 6. The van der Waals surface area contributed by atoms with Crippen molar-refractivity contribution in [2.75, 3.05) is 6.54 Å². The van der Waals surface area contributed by atoms with Gasteiger partial charge in [-0.25, -0.2) is 4.79 Å². The van der Waals surface area contributed by atoms with E-state index < -0.39 is 11.2 Å². The van der Waals surface area contributed by atoms with Gasteiger partial charge in [-0.15, -0.1) is 10.2 Å². The van der Waals surface area contributed by atoms with Crippen LogP contribution >= 0.6 is 0 Å². The number of ether oxygens (including phenoxy) is 1. The van der Waals surface area contributed by atoms with Crippen LogP contribution in [0.3, 0.4) is 0 Å². The number of carbonyl (C=O) groups is 1. The molecular formula is C24H27N3O4. The Morgan fingerprint density at radius 2 is 1.87 bits per heavy atom. The molecule has 162 valence electrons. The summed E-state index contributed by atoms with van der Waals surface area (Å²) in [5.41, 5.74) is 0.878. The third kappa shape index (κ3) is 4.46. The summed E-state index contributed by atoms with van der Waals surface area (Å²) < 4.78 is 11.3. The van der Waals surface area contributed by atoms with E-state index in [2.05, 4.69) is 10.2 Å².